The Hall–Kier alpha value is -2.95. The molecule has 2 aromatic heterocycles. The molecule has 0 spiro atoms. The van der Waals surface area contributed by atoms with Crippen LogP contribution in [0.3, 0.4) is 0 Å². The van der Waals surface area contributed by atoms with Crippen LogP contribution >= 0.6 is 0 Å². The van der Waals surface area contributed by atoms with Crippen LogP contribution in [0.15, 0.2) is 59.4 Å². The summed E-state index contributed by atoms with van der Waals surface area (Å²) in [6, 6.07) is 13.1. The maximum atomic E-state index is 10.9. The molecule has 3 aromatic rings. The lowest BCUT2D eigenvalue weighted by atomic mass is 10.1. The highest BCUT2D eigenvalue weighted by Crippen LogP contribution is 2.25. The van der Waals surface area contributed by atoms with E-state index in [1.165, 1.54) is 0 Å². The highest BCUT2D eigenvalue weighted by atomic mass is 16.5. The van der Waals surface area contributed by atoms with E-state index in [0.717, 1.165) is 22.4 Å². The molecule has 0 unspecified atom stereocenters. The van der Waals surface area contributed by atoms with E-state index in [4.69, 9.17) is 10.3 Å². The predicted octanol–water partition coefficient (Wildman–Crippen LogP) is 2.43. The largest absolute Gasteiger partial charge is 0.369 e. The molecule has 0 aliphatic heterocycles. The zero-order chi connectivity index (χ0) is 14.7. The zero-order valence-electron chi connectivity index (χ0n) is 11.2. The molecule has 3 rings (SSSR count). The van der Waals surface area contributed by atoms with Crippen LogP contribution in [0.25, 0.3) is 22.6 Å². The zero-order valence-corrected chi connectivity index (χ0v) is 11.2. The number of rotatable bonds is 4. The summed E-state index contributed by atoms with van der Waals surface area (Å²) in [5.74, 6) is 0.345. The molecule has 0 saturated heterocycles. The topological polar surface area (TPSA) is 82.0 Å². The number of aromatic nitrogens is 2. The van der Waals surface area contributed by atoms with Gasteiger partial charge in [-0.1, -0.05) is 29.4 Å². The number of carbonyl (C=O) groups is 1. The Balaban J connectivity index is 1.85. The SMILES string of the molecule is NC(=O)Cc1ccc(-c2cc(-c3ccncc3)on2)cc1. The minimum Gasteiger partial charge on any atom is -0.369 e. The highest BCUT2D eigenvalue weighted by molar-refractivity contribution is 5.77. The molecule has 2 N–H and O–H groups in total. The van der Waals surface area contributed by atoms with Crippen molar-refractivity contribution in [2.45, 2.75) is 6.42 Å². The monoisotopic (exact) mass is 279 g/mol. The standard InChI is InChI=1S/C16H13N3O2/c17-16(20)9-11-1-3-12(4-2-11)14-10-15(21-19-14)13-5-7-18-8-6-13/h1-8,10H,9H2,(H2,17,20). The second-order valence-corrected chi connectivity index (χ2v) is 4.65. The van der Waals surface area contributed by atoms with E-state index in [1.54, 1.807) is 12.4 Å². The van der Waals surface area contributed by atoms with Gasteiger partial charge >= 0.3 is 0 Å². The third kappa shape index (κ3) is 2.97. The van der Waals surface area contributed by atoms with Gasteiger partial charge in [-0.3, -0.25) is 9.78 Å². The van der Waals surface area contributed by atoms with Gasteiger partial charge in [0, 0.05) is 29.6 Å². The minimum absolute atomic E-state index is 0.237. The highest BCUT2D eigenvalue weighted by Gasteiger charge is 2.08. The summed E-state index contributed by atoms with van der Waals surface area (Å²) in [5.41, 5.74) is 8.64. The van der Waals surface area contributed by atoms with Crippen molar-refractivity contribution >= 4 is 5.91 Å². The van der Waals surface area contributed by atoms with Crippen molar-refractivity contribution in [3.8, 4) is 22.6 Å². The summed E-state index contributed by atoms with van der Waals surface area (Å²) >= 11 is 0. The van der Waals surface area contributed by atoms with Crippen LogP contribution in [-0.4, -0.2) is 16.0 Å². The quantitative estimate of drug-likeness (QED) is 0.795. The van der Waals surface area contributed by atoms with E-state index in [-0.39, 0.29) is 12.3 Å². The average Bonchev–Trinajstić information content (AvgIpc) is 2.98. The van der Waals surface area contributed by atoms with Crippen molar-refractivity contribution in [3.63, 3.8) is 0 Å². The fourth-order valence-electron chi connectivity index (χ4n) is 2.06. The van der Waals surface area contributed by atoms with Crippen molar-refractivity contribution in [3.05, 3.63) is 60.4 Å². The Bertz CT molecular complexity index is 749. The van der Waals surface area contributed by atoms with E-state index >= 15 is 0 Å². The number of nitrogens with two attached hydrogens (primary N) is 1. The molecule has 1 amide bonds. The van der Waals surface area contributed by atoms with Gasteiger partial charge in [-0.05, 0) is 17.7 Å². The number of benzene rings is 1. The van der Waals surface area contributed by atoms with Gasteiger partial charge in [0.15, 0.2) is 5.76 Å². The first kappa shape index (κ1) is 13.1. The number of hydrogen-bond acceptors (Lipinski definition) is 4. The van der Waals surface area contributed by atoms with Gasteiger partial charge in [0.2, 0.25) is 5.91 Å². The number of nitrogens with zero attached hydrogens (tertiary/aromatic N) is 2. The van der Waals surface area contributed by atoms with E-state index < -0.39 is 0 Å². The first-order chi connectivity index (χ1) is 10.2. The smallest absolute Gasteiger partial charge is 0.221 e. The van der Waals surface area contributed by atoms with Crippen LogP contribution < -0.4 is 5.73 Å². The maximum Gasteiger partial charge on any atom is 0.221 e. The van der Waals surface area contributed by atoms with Crippen molar-refractivity contribution < 1.29 is 9.32 Å². The Morgan fingerprint density at radius 2 is 1.76 bits per heavy atom. The van der Waals surface area contributed by atoms with Crippen LogP contribution in [0.1, 0.15) is 5.56 Å². The van der Waals surface area contributed by atoms with Crippen molar-refractivity contribution in [1.29, 1.82) is 0 Å². The van der Waals surface area contributed by atoms with Crippen LogP contribution in [0.5, 0.6) is 0 Å². The van der Waals surface area contributed by atoms with E-state index in [0.29, 0.717) is 5.76 Å². The molecule has 0 atom stereocenters. The predicted molar refractivity (Wildman–Crippen MR) is 78.1 cm³/mol. The molecular weight excluding hydrogens is 266 g/mol. The summed E-state index contributed by atoms with van der Waals surface area (Å²) in [7, 11) is 0. The van der Waals surface area contributed by atoms with Crippen molar-refractivity contribution in [2.75, 3.05) is 0 Å². The van der Waals surface area contributed by atoms with Gasteiger partial charge in [0.25, 0.3) is 0 Å². The van der Waals surface area contributed by atoms with Gasteiger partial charge in [0.05, 0.1) is 6.42 Å². The Labute approximate surface area is 121 Å². The summed E-state index contributed by atoms with van der Waals surface area (Å²) in [5, 5.41) is 4.07. The van der Waals surface area contributed by atoms with Gasteiger partial charge in [-0.15, -0.1) is 0 Å². The lowest BCUT2D eigenvalue weighted by molar-refractivity contribution is -0.117. The normalized spacial score (nSPS) is 10.5. The molecule has 0 fully saturated rings. The molecule has 0 aliphatic rings. The van der Waals surface area contributed by atoms with Gasteiger partial charge < -0.3 is 10.3 Å². The Kier molecular flexibility index (Phi) is 3.47. The summed E-state index contributed by atoms with van der Waals surface area (Å²) in [6.45, 7) is 0. The molecule has 104 valence electrons. The van der Waals surface area contributed by atoms with Gasteiger partial charge in [0.1, 0.15) is 5.69 Å². The third-order valence-electron chi connectivity index (χ3n) is 3.10. The third-order valence-corrected chi connectivity index (χ3v) is 3.10. The van der Waals surface area contributed by atoms with E-state index in [2.05, 4.69) is 10.1 Å². The van der Waals surface area contributed by atoms with Crippen molar-refractivity contribution in [1.82, 2.24) is 10.1 Å². The number of primary amides is 1. The first-order valence-corrected chi connectivity index (χ1v) is 6.47. The van der Waals surface area contributed by atoms with Crippen LogP contribution in [0, 0.1) is 0 Å². The van der Waals surface area contributed by atoms with Crippen LogP contribution in [0.2, 0.25) is 0 Å². The van der Waals surface area contributed by atoms with E-state index in [1.807, 2.05) is 42.5 Å². The molecule has 5 heteroatoms. The summed E-state index contributed by atoms with van der Waals surface area (Å²) in [4.78, 5) is 14.8. The number of pyridine rings is 1. The van der Waals surface area contributed by atoms with Gasteiger partial charge in [-0.2, -0.15) is 0 Å². The Morgan fingerprint density at radius 1 is 1.05 bits per heavy atom. The average molecular weight is 279 g/mol. The molecule has 5 nitrogen and oxygen atoms in total. The summed E-state index contributed by atoms with van der Waals surface area (Å²) in [6.07, 6.45) is 3.65. The van der Waals surface area contributed by atoms with Crippen LogP contribution in [-0.2, 0) is 11.2 Å². The molecule has 0 saturated carbocycles. The maximum absolute atomic E-state index is 10.9. The number of carbonyl (C=O) groups excluding carboxylic acids is 1. The molecule has 21 heavy (non-hydrogen) atoms. The van der Waals surface area contributed by atoms with Gasteiger partial charge in [-0.25, -0.2) is 0 Å². The lowest BCUT2D eigenvalue weighted by Crippen LogP contribution is -2.13. The second kappa shape index (κ2) is 5.58. The molecule has 2 heterocycles. The molecule has 1 aromatic carbocycles. The number of hydrogen-bond donors (Lipinski definition) is 1. The molecule has 0 bridgehead atoms. The minimum atomic E-state index is -0.343. The Morgan fingerprint density at radius 3 is 2.43 bits per heavy atom. The molecular formula is C16H13N3O2. The van der Waals surface area contributed by atoms with Crippen molar-refractivity contribution in [2.24, 2.45) is 5.73 Å². The fourth-order valence-corrected chi connectivity index (χ4v) is 2.06. The second-order valence-electron chi connectivity index (χ2n) is 4.65. The number of amides is 1. The molecule has 0 radical (unpaired) electrons. The first-order valence-electron chi connectivity index (χ1n) is 6.47. The lowest BCUT2D eigenvalue weighted by Gasteiger charge is -1.99. The van der Waals surface area contributed by atoms with E-state index in [9.17, 15) is 4.79 Å². The molecule has 0 aliphatic carbocycles. The fraction of sp³-hybridized carbons (Fsp3) is 0.0625. The van der Waals surface area contributed by atoms with Crippen LogP contribution in [0.4, 0.5) is 0 Å². The summed E-state index contributed by atoms with van der Waals surface area (Å²) < 4.78 is 5.35.